The number of nitrogens with one attached hydrogen (secondary N) is 1. The average molecular weight is 371 g/mol. The minimum absolute atomic E-state index is 0.0618. The van der Waals surface area contributed by atoms with E-state index in [0.29, 0.717) is 12.2 Å². The highest BCUT2D eigenvalue weighted by molar-refractivity contribution is 5.94. The largest absolute Gasteiger partial charge is 0.340 e. The van der Waals surface area contributed by atoms with E-state index in [1.165, 1.54) is 0 Å². The summed E-state index contributed by atoms with van der Waals surface area (Å²) in [5.41, 5.74) is 5.70. The topological polar surface area (TPSA) is 66.8 Å². The van der Waals surface area contributed by atoms with E-state index >= 15 is 0 Å². The monoisotopic (exact) mass is 371 g/mol. The molecule has 5 rings (SSSR count). The number of carbonyl (C=O) groups excluding carboxylic acids is 1. The second-order valence-corrected chi connectivity index (χ2v) is 7.24. The fourth-order valence-electron chi connectivity index (χ4n) is 3.95. The summed E-state index contributed by atoms with van der Waals surface area (Å²) in [6, 6.07) is 17.9. The number of nitrogens with zero attached hydrogens (tertiary/aromatic N) is 4. The number of hydrogen-bond donors (Lipinski definition) is 1. The molecule has 28 heavy (non-hydrogen) atoms. The van der Waals surface area contributed by atoms with Crippen LogP contribution in [0.1, 0.15) is 34.0 Å². The van der Waals surface area contributed by atoms with Gasteiger partial charge in [-0.15, -0.1) is 0 Å². The SMILES string of the molecule is CN(Cc1nc2ccccc2[nH]1)C(=O)c1nn(-c2ccccc2)c2c1CCC2. The van der Waals surface area contributed by atoms with Crippen molar-refractivity contribution in [3.63, 3.8) is 0 Å². The van der Waals surface area contributed by atoms with E-state index in [9.17, 15) is 4.79 Å². The molecule has 4 aromatic rings. The van der Waals surface area contributed by atoms with Gasteiger partial charge in [-0.2, -0.15) is 5.10 Å². The zero-order chi connectivity index (χ0) is 19.1. The molecule has 1 N–H and O–H groups in total. The maximum absolute atomic E-state index is 13.2. The van der Waals surface area contributed by atoms with Gasteiger partial charge in [0.25, 0.3) is 5.91 Å². The second-order valence-electron chi connectivity index (χ2n) is 7.24. The van der Waals surface area contributed by atoms with Gasteiger partial charge in [0.1, 0.15) is 5.82 Å². The van der Waals surface area contributed by atoms with E-state index in [1.807, 2.05) is 59.3 Å². The lowest BCUT2D eigenvalue weighted by atomic mass is 10.2. The van der Waals surface area contributed by atoms with E-state index in [2.05, 4.69) is 9.97 Å². The number of carbonyl (C=O) groups is 1. The Morgan fingerprint density at radius 1 is 1.11 bits per heavy atom. The van der Waals surface area contributed by atoms with Crippen molar-refractivity contribution in [2.45, 2.75) is 25.8 Å². The number of rotatable bonds is 4. The number of aromatic nitrogens is 4. The van der Waals surface area contributed by atoms with Gasteiger partial charge in [0.15, 0.2) is 5.69 Å². The van der Waals surface area contributed by atoms with E-state index in [0.717, 1.165) is 53.1 Å². The Morgan fingerprint density at radius 3 is 2.71 bits per heavy atom. The van der Waals surface area contributed by atoms with Crippen LogP contribution in [0.5, 0.6) is 0 Å². The van der Waals surface area contributed by atoms with Gasteiger partial charge in [0, 0.05) is 18.3 Å². The maximum Gasteiger partial charge on any atom is 0.274 e. The van der Waals surface area contributed by atoms with Crippen LogP contribution in [-0.2, 0) is 19.4 Å². The van der Waals surface area contributed by atoms with Gasteiger partial charge in [-0.25, -0.2) is 9.67 Å². The Kier molecular flexibility index (Phi) is 3.97. The van der Waals surface area contributed by atoms with Gasteiger partial charge in [0.2, 0.25) is 0 Å². The standard InChI is InChI=1S/C22H21N5O/c1-26(14-20-23-17-11-5-6-12-18(17)24-20)22(28)21-16-10-7-13-19(16)27(25-21)15-8-3-2-4-9-15/h2-6,8-9,11-12H,7,10,13-14H2,1H3,(H,23,24). The van der Waals surface area contributed by atoms with Crippen LogP contribution >= 0.6 is 0 Å². The number of hydrogen-bond acceptors (Lipinski definition) is 3. The van der Waals surface area contributed by atoms with Crippen molar-refractivity contribution in [3.8, 4) is 5.69 Å². The number of para-hydroxylation sites is 3. The van der Waals surface area contributed by atoms with Gasteiger partial charge in [0.05, 0.1) is 23.3 Å². The Hall–Kier alpha value is -3.41. The number of H-pyrrole nitrogens is 1. The van der Waals surface area contributed by atoms with Crippen molar-refractivity contribution in [3.05, 3.63) is 77.4 Å². The fourth-order valence-corrected chi connectivity index (χ4v) is 3.95. The predicted molar refractivity (Wildman–Crippen MR) is 107 cm³/mol. The van der Waals surface area contributed by atoms with Crippen LogP contribution < -0.4 is 0 Å². The highest BCUT2D eigenvalue weighted by Crippen LogP contribution is 2.28. The summed E-state index contributed by atoms with van der Waals surface area (Å²) in [5.74, 6) is 0.712. The molecule has 0 saturated carbocycles. The molecule has 6 nitrogen and oxygen atoms in total. The minimum Gasteiger partial charge on any atom is -0.340 e. The molecule has 1 amide bonds. The molecular weight excluding hydrogens is 350 g/mol. The lowest BCUT2D eigenvalue weighted by Crippen LogP contribution is -2.28. The van der Waals surface area contributed by atoms with Crippen LogP contribution in [0.25, 0.3) is 16.7 Å². The van der Waals surface area contributed by atoms with Crippen molar-refractivity contribution in [2.75, 3.05) is 7.05 Å². The van der Waals surface area contributed by atoms with E-state index < -0.39 is 0 Å². The maximum atomic E-state index is 13.2. The molecule has 140 valence electrons. The molecule has 0 fully saturated rings. The minimum atomic E-state index is -0.0618. The third-order valence-electron chi connectivity index (χ3n) is 5.31. The lowest BCUT2D eigenvalue weighted by molar-refractivity contribution is 0.0774. The first-order chi connectivity index (χ1) is 13.7. The van der Waals surface area contributed by atoms with Gasteiger partial charge in [-0.3, -0.25) is 4.79 Å². The molecule has 2 heterocycles. The molecule has 1 aliphatic carbocycles. The summed E-state index contributed by atoms with van der Waals surface area (Å²) < 4.78 is 1.94. The van der Waals surface area contributed by atoms with Gasteiger partial charge in [-0.1, -0.05) is 30.3 Å². The van der Waals surface area contributed by atoms with Crippen molar-refractivity contribution in [1.29, 1.82) is 0 Å². The summed E-state index contributed by atoms with van der Waals surface area (Å²) in [6.07, 6.45) is 2.92. The summed E-state index contributed by atoms with van der Waals surface area (Å²) in [6.45, 7) is 0.417. The Bertz CT molecular complexity index is 1130. The van der Waals surface area contributed by atoms with Crippen molar-refractivity contribution in [2.24, 2.45) is 0 Å². The highest BCUT2D eigenvalue weighted by Gasteiger charge is 2.28. The third kappa shape index (κ3) is 2.78. The first kappa shape index (κ1) is 16.7. The van der Waals surface area contributed by atoms with Crippen LogP contribution in [0.2, 0.25) is 0 Å². The predicted octanol–water partition coefficient (Wildman–Crippen LogP) is 3.51. The molecule has 0 unspecified atom stereocenters. The van der Waals surface area contributed by atoms with Crippen molar-refractivity contribution < 1.29 is 4.79 Å². The van der Waals surface area contributed by atoms with Gasteiger partial charge in [-0.05, 0) is 43.5 Å². The number of imidazole rings is 1. The molecule has 0 spiro atoms. The summed E-state index contributed by atoms with van der Waals surface area (Å²) in [5, 5.41) is 4.70. The molecule has 1 aliphatic rings. The highest BCUT2D eigenvalue weighted by atomic mass is 16.2. The van der Waals surface area contributed by atoms with Crippen molar-refractivity contribution in [1.82, 2.24) is 24.6 Å². The first-order valence-corrected chi connectivity index (χ1v) is 9.56. The number of aromatic amines is 1. The molecule has 2 aromatic carbocycles. The Morgan fingerprint density at radius 2 is 1.89 bits per heavy atom. The van der Waals surface area contributed by atoms with E-state index in [1.54, 1.807) is 11.9 Å². The quantitative estimate of drug-likeness (QED) is 0.597. The second kappa shape index (κ2) is 6.64. The normalized spacial score (nSPS) is 13.0. The summed E-state index contributed by atoms with van der Waals surface area (Å²) in [4.78, 5) is 22.7. The van der Waals surface area contributed by atoms with Crippen LogP contribution in [0.3, 0.4) is 0 Å². The van der Waals surface area contributed by atoms with E-state index in [4.69, 9.17) is 5.10 Å². The molecule has 0 bridgehead atoms. The van der Waals surface area contributed by atoms with Crippen LogP contribution in [0.15, 0.2) is 54.6 Å². The zero-order valence-electron chi connectivity index (χ0n) is 15.7. The fraction of sp³-hybridized carbons (Fsp3) is 0.227. The molecule has 2 aromatic heterocycles. The van der Waals surface area contributed by atoms with E-state index in [-0.39, 0.29) is 5.91 Å². The molecule has 0 radical (unpaired) electrons. The Labute approximate surface area is 162 Å². The van der Waals surface area contributed by atoms with Crippen LogP contribution in [-0.4, -0.2) is 37.6 Å². The van der Waals surface area contributed by atoms with Gasteiger partial charge < -0.3 is 9.88 Å². The van der Waals surface area contributed by atoms with Crippen LogP contribution in [0, 0.1) is 0 Å². The zero-order valence-corrected chi connectivity index (χ0v) is 15.7. The number of fused-ring (bicyclic) bond motifs is 2. The molecule has 0 saturated heterocycles. The first-order valence-electron chi connectivity index (χ1n) is 9.56. The third-order valence-corrected chi connectivity index (χ3v) is 5.31. The Balaban J connectivity index is 1.45. The number of amides is 1. The smallest absolute Gasteiger partial charge is 0.274 e. The van der Waals surface area contributed by atoms with Crippen molar-refractivity contribution >= 4 is 16.9 Å². The molecule has 0 atom stereocenters. The van der Waals surface area contributed by atoms with Gasteiger partial charge >= 0.3 is 0 Å². The number of benzene rings is 2. The average Bonchev–Trinajstić information content (AvgIpc) is 3.42. The molecule has 6 heteroatoms. The lowest BCUT2D eigenvalue weighted by Gasteiger charge is -2.15. The summed E-state index contributed by atoms with van der Waals surface area (Å²) >= 11 is 0. The molecule has 0 aliphatic heterocycles. The molecular formula is C22H21N5O. The summed E-state index contributed by atoms with van der Waals surface area (Å²) in [7, 11) is 1.80. The van der Waals surface area contributed by atoms with Crippen LogP contribution in [0.4, 0.5) is 0 Å².